The Hall–Kier alpha value is -4.58. The minimum absolute atomic E-state index is 0.00282. The molecule has 1 saturated heterocycles. The van der Waals surface area contributed by atoms with Gasteiger partial charge in [-0.2, -0.15) is 33.2 Å². The Morgan fingerprint density at radius 3 is 2.69 bits per heavy atom. The molecule has 3 aromatic rings. The van der Waals surface area contributed by atoms with E-state index in [1.165, 1.54) is 22.8 Å². The Labute approximate surface area is 241 Å². The number of halogens is 4. The summed E-state index contributed by atoms with van der Waals surface area (Å²) in [7, 11) is 0. The second-order valence-electron chi connectivity index (χ2n) is 9.26. The van der Waals surface area contributed by atoms with Gasteiger partial charge in [-0.3, -0.25) is 0 Å². The quantitative estimate of drug-likeness (QED) is 0.208. The maximum absolute atomic E-state index is 12.9. The van der Waals surface area contributed by atoms with E-state index in [1.807, 2.05) is 19.1 Å². The number of imidazole rings is 1. The van der Waals surface area contributed by atoms with E-state index in [0.29, 0.717) is 23.7 Å². The first-order chi connectivity index (χ1) is 19.9. The lowest BCUT2D eigenvalue weighted by molar-refractivity contribution is -0.202. The SMILES string of the molecule is CCNc1nc(Nc2cc(C#N)cc(N3CC[C@@H](NC(=O)O)[C@@H](NCC(O)C(F)(F)F)C3)c2Cl)nn2c(C#N)cnc12. The van der Waals surface area contributed by atoms with Gasteiger partial charge in [0.05, 0.1) is 40.3 Å². The number of hydrogen-bond acceptors (Lipinski definition) is 11. The van der Waals surface area contributed by atoms with E-state index in [9.17, 15) is 38.7 Å². The van der Waals surface area contributed by atoms with E-state index in [4.69, 9.17) is 11.6 Å². The molecule has 222 valence electrons. The van der Waals surface area contributed by atoms with Gasteiger partial charge in [0.25, 0.3) is 0 Å². The number of nitriles is 2. The number of amides is 1. The molecule has 1 aliphatic rings. The summed E-state index contributed by atoms with van der Waals surface area (Å²) in [6.07, 6.45) is -7.33. The first-order valence-corrected chi connectivity index (χ1v) is 13.0. The molecule has 1 amide bonds. The number of carbonyl (C=O) groups is 1. The van der Waals surface area contributed by atoms with Gasteiger partial charge in [0.15, 0.2) is 23.3 Å². The standard InChI is InChI=1S/C24H25ClF3N11O3/c1-2-31-20-21-33-9-13(8-30)39(21)37-22(36-20)34-15-5-12(7-29)6-17(19(15)25)38-4-3-14(35-23(41)42)16(11-38)32-10-18(40)24(26,27)28/h5-6,9,14,16,18,32,35,40H,2-4,10-11H2,1H3,(H,41,42)(H2,31,34,36,37)/t14-,16+,18?/m1/s1. The molecule has 18 heteroatoms. The highest BCUT2D eigenvalue weighted by atomic mass is 35.5. The summed E-state index contributed by atoms with van der Waals surface area (Å²) in [5, 5.41) is 53.2. The first kappa shape index (κ1) is 30.4. The third kappa shape index (κ3) is 6.65. The lowest BCUT2D eigenvalue weighted by Gasteiger charge is -2.41. The molecular formula is C24H25ClF3N11O3. The van der Waals surface area contributed by atoms with Crippen LogP contribution in [0.2, 0.25) is 5.02 Å². The highest BCUT2D eigenvalue weighted by molar-refractivity contribution is 6.36. The predicted molar refractivity (Wildman–Crippen MR) is 145 cm³/mol. The number of aliphatic hydroxyl groups is 1. The van der Waals surface area contributed by atoms with Gasteiger partial charge >= 0.3 is 12.3 Å². The lowest BCUT2D eigenvalue weighted by Crippen LogP contribution is -2.61. The Morgan fingerprint density at radius 1 is 1.29 bits per heavy atom. The van der Waals surface area contributed by atoms with E-state index in [-0.39, 0.29) is 47.4 Å². The number of aliphatic hydroxyl groups excluding tert-OH is 1. The highest BCUT2D eigenvalue weighted by Crippen LogP contribution is 2.37. The number of aromatic nitrogens is 4. The maximum Gasteiger partial charge on any atom is 0.415 e. The van der Waals surface area contributed by atoms with Crippen LogP contribution in [0, 0.1) is 22.7 Å². The van der Waals surface area contributed by atoms with Crippen LogP contribution in [0.3, 0.4) is 0 Å². The summed E-state index contributed by atoms with van der Waals surface area (Å²) in [5.74, 6) is 0.369. The molecule has 0 aliphatic carbocycles. The van der Waals surface area contributed by atoms with Crippen molar-refractivity contribution >= 4 is 46.5 Å². The fourth-order valence-electron chi connectivity index (χ4n) is 4.50. The van der Waals surface area contributed by atoms with Crippen LogP contribution < -0.4 is 26.2 Å². The molecule has 0 saturated carbocycles. The van der Waals surface area contributed by atoms with Crippen LogP contribution in [0.25, 0.3) is 5.65 Å². The molecule has 0 radical (unpaired) electrons. The van der Waals surface area contributed by atoms with Crippen LogP contribution in [-0.2, 0) is 0 Å². The van der Waals surface area contributed by atoms with Crippen LogP contribution in [-0.4, -0.2) is 86.4 Å². The minimum Gasteiger partial charge on any atom is -0.465 e. The number of piperidine rings is 1. The molecule has 3 atom stereocenters. The van der Waals surface area contributed by atoms with Crippen molar-refractivity contribution in [3.05, 3.63) is 34.6 Å². The summed E-state index contributed by atoms with van der Waals surface area (Å²) in [6.45, 7) is 1.73. The van der Waals surface area contributed by atoms with Crippen LogP contribution in [0.15, 0.2) is 18.3 Å². The van der Waals surface area contributed by atoms with Crippen LogP contribution >= 0.6 is 11.6 Å². The lowest BCUT2D eigenvalue weighted by atomic mass is 9.98. The third-order valence-electron chi connectivity index (χ3n) is 6.46. The summed E-state index contributed by atoms with van der Waals surface area (Å²) >= 11 is 6.76. The topological polar surface area (TPSA) is 200 Å². The number of anilines is 4. The van der Waals surface area contributed by atoms with Crippen molar-refractivity contribution in [1.82, 2.24) is 30.2 Å². The molecule has 14 nitrogen and oxygen atoms in total. The van der Waals surface area contributed by atoms with Crippen molar-refractivity contribution in [3.8, 4) is 12.1 Å². The zero-order valence-corrected chi connectivity index (χ0v) is 22.7. The van der Waals surface area contributed by atoms with Gasteiger partial charge in [0.1, 0.15) is 6.07 Å². The molecule has 1 fully saturated rings. The molecular weight excluding hydrogens is 583 g/mol. The molecule has 1 aromatic carbocycles. The van der Waals surface area contributed by atoms with Gasteiger partial charge < -0.3 is 36.4 Å². The number of alkyl halides is 3. The van der Waals surface area contributed by atoms with Crippen LogP contribution in [0.5, 0.6) is 0 Å². The summed E-state index contributed by atoms with van der Waals surface area (Å²) in [4.78, 5) is 21.6. The van der Waals surface area contributed by atoms with Crippen molar-refractivity contribution < 1.29 is 28.2 Å². The molecule has 0 spiro atoms. The minimum atomic E-state index is -4.86. The van der Waals surface area contributed by atoms with Gasteiger partial charge in [0.2, 0.25) is 5.95 Å². The van der Waals surface area contributed by atoms with Crippen molar-refractivity contribution in [2.75, 3.05) is 41.7 Å². The summed E-state index contributed by atoms with van der Waals surface area (Å²) in [5.41, 5.74) is 1.24. The highest BCUT2D eigenvalue weighted by Gasteiger charge is 2.39. The van der Waals surface area contributed by atoms with Crippen LogP contribution in [0.4, 0.5) is 41.1 Å². The molecule has 1 unspecified atom stereocenters. The van der Waals surface area contributed by atoms with E-state index in [2.05, 4.69) is 36.3 Å². The molecule has 2 aromatic heterocycles. The zero-order chi connectivity index (χ0) is 30.6. The Morgan fingerprint density at radius 2 is 2.05 bits per heavy atom. The predicted octanol–water partition coefficient (Wildman–Crippen LogP) is 2.42. The molecule has 4 rings (SSSR count). The number of hydrogen-bond donors (Lipinski definition) is 6. The second-order valence-corrected chi connectivity index (χ2v) is 9.64. The normalized spacial score (nSPS) is 17.8. The fraction of sp³-hybridized carbons (Fsp3) is 0.417. The number of nitrogens with zero attached hydrogens (tertiary/aromatic N) is 7. The Bertz CT molecular complexity index is 1550. The molecule has 1 aliphatic heterocycles. The van der Waals surface area contributed by atoms with Gasteiger partial charge in [-0.1, -0.05) is 11.6 Å². The molecule has 6 N–H and O–H groups in total. The third-order valence-corrected chi connectivity index (χ3v) is 6.86. The first-order valence-electron chi connectivity index (χ1n) is 12.6. The van der Waals surface area contributed by atoms with E-state index in [0.717, 1.165) is 0 Å². The summed E-state index contributed by atoms with van der Waals surface area (Å²) in [6, 6.07) is 5.38. The summed E-state index contributed by atoms with van der Waals surface area (Å²) < 4.78 is 40.0. The maximum atomic E-state index is 12.9. The largest absolute Gasteiger partial charge is 0.465 e. The van der Waals surface area contributed by atoms with Crippen molar-refractivity contribution in [2.45, 2.75) is 37.7 Å². The number of nitrogens with one attached hydrogen (secondary N) is 4. The van der Waals surface area contributed by atoms with Crippen molar-refractivity contribution in [3.63, 3.8) is 0 Å². The Balaban J connectivity index is 1.66. The molecule has 3 heterocycles. The van der Waals surface area contributed by atoms with Crippen LogP contribution in [0.1, 0.15) is 24.6 Å². The average Bonchev–Trinajstić information content (AvgIpc) is 3.36. The Kier molecular flexibility index (Phi) is 9.05. The molecule has 42 heavy (non-hydrogen) atoms. The van der Waals surface area contributed by atoms with Gasteiger partial charge in [-0.05, 0) is 25.5 Å². The second kappa shape index (κ2) is 12.5. The van der Waals surface area contributed by atoms with Gasteiger partial charge in [0, 0.05) is 32.2 Å². The number of rotatable bonds is 9. The number of fused-ring (bicyclic) bond motifs is 1. The fourth-order valence-corrected chi connectivity index (χ4v) is 4.78. The average molecular weight is 608 g/mol. The number of carboxylic acid groups (broad SMARTS) is 1. The van der Waals surface area contributed by atoms with Crippen molar-refractivity contribution in [2.24, 2.45) is 0 Å². The molecule has 0 bridgehead atoms. The smallest absolute Gasteiger partial charge is 0.415 e. The van der Waals surface area contributed by atoms with Gasteiger partial charge in [-0.15, -0.1) is 5.10 Å². The van der Waals surface area contributed by atoms with E-state index >= 15 is 0 Å². The van der Waals surface area contributed by atoms with Crippen molar-refractivity contribution in [1.29, 1.82) is 10.5 Å². The van der Waals surface area contributed by atoms with E-state index in [1.54, 1.807) is 4.90 Å². The van der Waals surface area contributed by atoms with Gasteiger partial charge in [-0.25, -0.2) is 9.78 Å². The zero-order valence-electron chi connectivity index (χ0n) is 21.9. The monoisotopic (exact) mass is 607 g/mol. The number of benzene rings is 1. The van der Waals surface area contributed by atoms with E-state index < -0.39 is 37.0 Å².